The van der Waals surface area contributed by atoms with Crippen molar-refractivity contribution in [2.24, 2.45) is 23.7 Å². The summed E-state index contributed by atoms with van der Waals surface area (Å²) in [6, 6.07) is 0. The second-order valence-corrected chi connectivity index (χ2v) is 14.8. The van der Waals surface area contributed by atoms with Crippen LogP contribution in [0.1, 0.15) is 165 Å². The Morgan fingerprint density at radius 3 is 1.80 bits per heavy atom. The molecule has 0 amide bonds. The fraction of sp³-hybridized carbons (Fsp3) is 0.756. The molecule has 0 heterocycles. The van der Waals surface area contributed by atoms with E-state index in [9.17, 15) is 9.59 Å². The molecule has 1 N–H and O–H groups in total. The fourth-order valence-electron chi connectivity index (χ4n) is 5.72. The Morgan fingerprint density at radius 1 is 0.733 bits per heavy atom. The molecule has 260 valence electrons. The van der Waals surface area contributed by atoms with Crippen LogP contribution in [0, 0.1) is 23.7 Å². The minimum atomic E-state index is -0.826. The average Bonchev–Trinajstić information content (AvgIpc) is 2.98. The lowest BCUT2D eigenvalue weighted by Gasteiger charge is -2.20. The number of aldehydes is 1. The van der Waals surface area contributed by atoms with Crippen LogP contribution >= 0.6 is 0 Å². The summed E-state index contributed by atoms with van der Waals surface area (Å²) in [5, 5.41) is 8.93. The highest BCUT2D eigenvalue weighted by atomic mass is 16.5. The van der Waals surface area contributed by atoms with Gasteiger partial charge in [-0.3, -0.25) is 0 Å². The Kier molecular flexibility index (Phi) is 25.0. The number of carbonyl (C=O) groups excluding carboxylic acids is 1. The van der Waals surface area contributed by atoms with Crippen molar-refractivity contribution in [3.05, 3.63) is 47.1 Å². The van der Waals surface area contributed by atoms with Gasteiger partial charge in [-0.2, -0.15) is 0 Å². The van der Waals surface area contributed by atoms with Gasteiger partial charge in [-0.15, -0.1) is 0 Å². The first kappa shape index (κ1) is 43.1. The minimum absolute atomic E-state index is 0.0994. The van der Waals surface area contributed by atoms with Gasteiger partial charge in [0.1, 0.15) is 6.29 Å². The quantitative estimate of drug-likeness (QED) is 0.0405. The van der Waals surface area contributed by atoms with Crippen LogP contribution in [0.15, 0.2) is 47.1 Å². The number of aliphatic carboxylic acids is 1. The highest BCUT2D eigenvalue weighted by Crippen LogP contribution is 2.23. The monoisotopic (exact) mass is 629 g/mol. The van der Waals surface area contributed by atoms with E-state index in [1.54, 1.807) is 14.0 Å². The zero-order chi connectivity index (χ0) is 34.1. The Bertz CT molecular complexity index is 906. The van der Waals surface area contributed by atoms with Crippen LogP contribution in [0.2, 0.25) is 0 Å². The van der Waals surface area contributed by atoms with Crippen LogP contribution in [0.5, 0.6) is 0 Å². The Labute approximate surface area is 279 Å². The highest BCUT2D eigenvalue weighted by Gasteiger charge is 2.14. The molecule has 4 atom stereocenters. The lowest BCUT2D eigenvalue weighted by Crippen LogP contribution is -2.20. The van der Waals surface area contributed by atoms with Gasteiger partial charge in [0, 0.05) is 18.6 Å². The Balaban J connectivity index is 3.99. The van der Waals surface area contributed by atoms with Gasteiger partial charge in [-0.05, 0) is 117 Å². The average molecular weight is 629 g/mol. The molecule has 0 fully saturated rings. The van der Waals surface area contributed by atoms with Gasteiger partial charge in [-0.1, -0.05) is 107 Å². The molecule has 0 spiro atoms. The second-order valence-electron chi connectivity index (χ2n) is 14.8. The van der Waals surface area contributed by atoms with Crippen molar-refractivity contribution in [1.29, 1.82) is 0 Å². The first-order valence-electron chi connectivity index (χ1n) is 18.2. The van der Waals surface area contributed by atoms with Crippen LogP contribution < -0.4 is 0 Å². The molecule has 0 aliphatic rings. The van der Waals surface area contributed by atoms with Crippen LogP contribution in [-0.4, -0.2) is 30.1 Å². The highest BCUT2D eigenvalue weighted by molar-refractivity contribution is 5.85. The number of carbonyl (C=O) groups is 2. The smallest absolute Gasteiger partial charge is 0.330 e. The summed E-state index contributed by atoms with van der Waals surface area (Å²) in [6.07, 6.45) is 31.6. The number of allylic oxidation sites excluding steroid dienone is 6. The third kappa shape index (κ3) is 25.9. The summed E-state index contributed by atoms with van der Waals surface area (Å²) in [4.78, 5) is 22.5. The maximum atomic E-state index is 11.6. The van der Waals surface area contributed by atoms with Crippen molar-refractivity contribution in [2.75, 3.05) is 7.11 Å². The molecular weight excluding hydrogens is 556 g/mol. The number of ether oxygens (including phenoxy) is 1. The van der Waals surface area contributed by atoms with E-state index in [4.69, 9.17) is 9.84 Å². The molecule has 0 aromatic carbocycles. The Hall–Kier alpha value is -1.94. The van der Waals surface area contributed by atoms with E-state index >= 15 is 0 Å². The first-order chi connectivity index (χ1) is 21.3. The van der Waals surface area contributed by atoms with Crippen molar-refractivity contribution >= 4 is 12.3 Å². The SMILES string of the molecule is COC(C)(C)C/C=C/C(C)CCCC(C=O)CCCC(C)CCCCC(C)CC/C=C(\C)CC/C=C(\C)CC/C=C(\C)C(=O)O. The molecule has 0 saturated carbocycles. The van der Waals surface area contributed by atoms with Gasteiger partial charge in [0.25, 0.3) is 0 Å². The van der Waals surface area contributed by atoms with E-state index in [-0.39, 0.29) is 11.5 Å². The summed E-state index contributed by atoms with van der Waals surface area (Å²) in [5.41, 5.74) is 3.15. The number of unbranched alkanes of at least 4 members (excludes halogenated alkanes) is 1. The molecule has 4 nitrogen and oxygen atoms in total. The summed E-state index contributed by atoms with van der Waals surface area (Å²) in [5.74, 6) is 1.48. The van der Waals surface area contributed by atoms with Crippen molar-refractivity contribution in [3.8, 4) is 0 Å². The minimum Gasteiger partial charge on any atom is -0.478 e. The molecule has 0 bridgehead atoms. The lowest BCUT2D eigenvalue weighted by molar-refractivity contribution is -0.132. The second kappa shape index (κ2) is 26.2. The number of carboxylic acids is 1. The molecule has 0 aliphatic heterocycles. The van der Waals surface area contributed by atoms with E-state index in [1.165, 1.54) is 68.8 Å². The van der Waals surface area contributed by atoms with Crippen LogP contribution in [0.4, 0.5) is 0 Å². The molecule has 4 unspecified atom stereocenters. The number of carboxylic acid groups (broad SMARTS) is 1. The van der Waals surface area contributed by atoms with Crippen LogP contribution in [0.3, 0.4) is 0 Å². The molecule has 0 rings (SSSR count). The topological polar surface area (TPSA) is 63.6 Å². The predicted octanol–water partition coefficient (Wildman–Crippen LogP) is 12.2. The number of hydrogen-bond donors (Lipinski definition) is 1. The summed E-state index contributed by atoms with van der Waals surface area (Å²) in [6.45, 7) is 17.3. The van der Waals surface area contributed by atoms with Gasteiger partial charge < -0.3 is 14.6 Å². The van der Waals surface area contributed by atoms with E-state index in [0.717, 1.165) is 69.6 Å². The predicted molar refractivity (Wildman–Crippen MR) is 195 cm³/mol. The van der Waals surface area contributed by atoms with Gasteiger partial charge in [0.2, 0.25) is 0 Å². The fourth-order valence-corrected chi connectivity index (χ4v) is 5.72. The maximum absolute atomic E-state index is 11.6. The molecule has 45 heavy (non-hydrogen) atoms. The van der Waals surface area contributed by atoms with Crippen molar-refractivity contribution in [2.45, 2.75) is 170 Å². The molecule has 0 radical (unpaired) electrons. The number of rotatable bonds is 28. The summed E-state index contributed by atoms with van der Waals surface area (Å²) in [7, 11) is 1.77. The van der Waals surface area contributed by atoms with Crippen molar-refractivity contribution < 1.29 is 19.4 Å². The molecule has 0 aliphatic carbocycles. The van der Waals surface area contributed by atoms with Crippen LogP contribution in [0.25, 0.3) is 0 Å². The van der Waals surface area contributed by atoms with Gasteiger partial charge in [0.05, 0.1) is 5.60 Å². The lowest BCUT2D eigenvalue weighted by atomic mass is 9.90. The molecular formula is C41H72O4. The summed E-state index contributed by atoms with van der Waals surface area (Å²) < 4.78 is 5.48. The zero-order valence-electron chi connectivity index (χ0n) is 31.0. The first-order valence-corrected chi connectivity index (χ1v) is 18.2. The van der Waals surface area contributed by atoms with Gasteiger partial charge in [0.15, 0.2) is 0 Å². The standard InChI is InChI=1S/C41H72O4/c1-33(20-12-21-35(3)22-13-23-36(4)24-14-28-38(6)40(43)44)18-10-11-19-34(2)25-15-29-39(32-42)30-16-26-37(5)27-17-31-41(7,8)45-9/h17,21,23,27-28,32-34,37,39H,10-16,18-20,22,24-26,29-31H2,1-9H3,(H,43,44)/b27-17+,35-21+,36-23+,38-28+. The zero-order valence-corrected chi connectivity index (χ0v) is 31.0. The molecule has 4 heteroatoms. The maximum Gasteiger partial charge on any atom is 0.330 e. The molecule has 0 aromatic rings. The van der Waals surface area contributed by atoms with E-state index in [2.05, 4.69) is 72.8 Å². The van der Waals surface area contributed by atoms with Crippen LogP contribution in [-0.2, 0) is 14.3 Å². The number of hydrogen-bond acceptors (Lipinski definition) is 3. The number of methoxy groups -OCH3 is 1. The summed E-state index contributed by atoms with van der Waals surface area (Å²) >= 11 is 0. The van der Waals surface area contributed by atoms with Gasteiger partial charge in [-0.25, -0.2) is 4.79 Å². The third-order valence-electron chi connectivity index (χ3n) is 9.48. The largest absolute Gasteiger partial charge is 0.478 e. The van der Waals surface area contributed by atoms with E-state index in [0.29, 0.717) is 11.5 Å². The molecule has 0 saturated heterocycles. The third-order valence-corrected chi connectivity index (χ3v) is 9.48. The van der Waals surface area contributed by atoms with E-state index < -0.39 is 5.97 Å². The van der Waals surface area contributed by atoms with Gasteiger partial charge >= 0.3 is 5.97 Å². The Morgan fingerprint density at radius 2 is 1.24 bits per heavy atom. The normalized spacial score (nSPS) is 16.2. The van der Waals surface area contributed by atoms with Crippen molar-refractivity contribution in [3.63, 3.8) is 0 Å². The van der Waals surface area contributed by atoms with Crippen molar-refractivity contribution in [1.82, 2.24) is 0 Å². The molecule has 0 aromatic heterocycles. The van der Waals surface area contributed by atoms with E-state index in [1.807, 2.05) is 6.08 Å².